The molecule has 0 radical (unpaired) electrons. The molecule has 0 spiro atoms. The maximum absolute atomic E-state index is 12.9. The van der Waals surface area contributed by atoms with Crippen LogP contribution in [0.4, 0.5) is 10.1 Å². The van der Waals surface area contributed by atoms with E-state index in [0.717, 1.165) is 25.2 Å². The minimum atomic E-state index is -0.390. The number of benzene rings is 1. The molecular formula is C11H13ClFNO. The second-order valence-corrected chi connectivity index (χ2v) is 4.29. The molecule has 15 heavy (non-hydrogen) atoms. The summed E-state index contributed by atoms with van der Waals surface area (Å²) in [6.45, 7) is 1.93. The molecule has 1 aromatic rings. The SMILES string of the molecule is OCC1CCN(c2ccc(F)c(Cl)c2)C1. The molecule has 1 aliphatic heterocycles. The molecule has 2 nitrogen and oxygen atoms in total. The molecule has 1 saturated heterocycles. The van der Waals surface area contributed by atoms with Gasteiger partial charge in [-0.15, -0.1) is 0 Å². The molecule has 1 atom stereocenters. The summed E-state index contributed by atoms with van der Waals surface area (Å²) in [6, 6.07) is 4.74. The van der Waals surface area contributed by atoms with Crippen LogP contribution in [0.2, 0.25) is 5.02 Å². The third kappa shape index (κ3) is 2.24. The van der Waals surface area contributed by atoms with E-state index in [1.54, 1.807) is 12.1 Å². The van der Waals surface area contributed by atoms with Gasteiger partial charge in [0.2, 0.25) is 0 Å². The van der Waals surface area contributed by atoms with Crippen LogP contribution in [-0.2, 0) is 0 Å². The fourth-order valence-electron chi connectivity index (χ4n) is 1.90. The Labute approximate surface area is 93.3 Å². The standard InChI is InChI=1S/C11H13ClFNO/c12-10-5-9(1-2-11(10)13)14-4-3-8(6-14)7-15/h1-2,5,8,15H,3-4,6-7H2. The number of hydrogen-bond donors (Lipinski definition) is 1. The van der Waals surface area contributed by atoms with Crippen molar-refractivity contribution >= 4 is 17.3 Å². The summed E-state index contributed by atoms with van der Waals surface area (Å²) in [5.74, 6) is -0.0628. The topological polar surface area (TPSA) is 23.5 Å². The van der Waals surface area contributed by atoms with Crippen molar-refractivity contribution in [2.45, 2.75) is 6.42 Å². The Morgan fingerprint density at radius 2 is 2.33 bits per heavy atom. The van der Waals surface area contributed by atoms with Gasteiger partial charge < -0.3 is 10.0 Å². The molecule has 1 aliphatic rings. The molecule has 4 heteroatoms. The maximum atomic E-state index is 12.9. The molecule has 2 rings (SSSR count). The summed E-state index contributed by atoms with van der Waals surface area (Å²) in [5.41, 5.74) is 0.928. The first-order valence-corrected chi connectivity index (χ1v) is 5.39. The molecule has 0 saturated carbocycles. The molecule has 82 valence electrons. The summed E-state index contributed by atoms with van der Waals surface area (Å²) in [4.78, 5) is 2.12. The van der Waals surface area contributed by atoms with Crippen molar-refractivity contribution in [3.63, 3.8) is 0 Å². The molecule has 1 heterocycles. The normalized spacial score (nSPS) is 21.0. The largest absolute Gasteiger partial charge is 0.396 e. The highest BCUT2D eigenvalue weighted by Crippen LogP contribution is 2.27. The lowest BCUT2D eigenvalue weighted by atomic mass is 10.1. The van der Waals surface area contributed by atoms with Crippen molar-refractivity contribution in [2.75, 3.05) is 24.6 Å². The fourth-order valence-corrected chi connectivity index (χ4v) is 2.07. The van der Waals surface area contributed by atoms with Crippen LogP contribution in [0.25, 0.3) is 0 Å². The Bertz CT molecular complexity index is 358. The first-order chi connectivity index (χ1) is 7.20. The van der Waals surface area contributed by atoms with E-state index in [9.17, 15) is 4.39 Å². The zero-order valence-electron chi connectivity index (χ0n) is 8.29. The molecule has 1 unspecified atom stereocenters. The number of halogens is 2. The lowest BCUT2D eigenvalue weighted by Crippen LogP contribution is -2.20. The van der Waals surface area contributed by atoms with Gasteiger partial charge in [0.05, 0.1) is 5.02 Å². The van der Waals surface area contributed by atoms with Gasteiger partial charge in [0.25, 0.3) is 0 Å². The van der Waals surface area contributed by atoms with Crippen molar-refractivity contribution in [1.82, 2.24) is 0 Å². The van der Waals surface area contributed by atoms with E-state index in [1.165, 1.54) is 6.07 Å². The van der Waals surface area contributed by atoms with Crippen LogP contribution in [0.1, 0.15) is 6.42 Å². The van der Waals surface area contributed by atoms with Gasteiger partial charge in [-0.25, -0.2) is 4.39 Å². The van der Waals surface area contributed by atoms with Crippen molar-refractivity contribution in [3.8, 4) is 0 Å². The van der Waals surface area contributed by atoms with Crippen LogP contribution < -0.4 is 4.90 Å². The Balaban J connectivity index is 2.13. The summed E-state index contributed by atoms with van der Waals surface area (Å²) >= 11 is 5.71. The zero-order chi connectivity index (χ0) is 10.8. The first kappa shape index (κ1) is 10.7. The summed E-state index contributed by atoms with van der Waals surface area (Å²) in [5, 5.41) is 9.17. The summed E-state index contributed by atoms with van der Waals surface area (Å²) in [7, 11) is 0. The molecule has 0 bridgehead atoms. The van der Waals surface area contributed by atoms with Gasteiger partial charge in [-0.05, 0) is 24.6 Å². The Hall–Kier alpha value is -0.800. The number of rotatable bonds is 2. The minimum Gasteiger partial charge on any atom is -0.396 e. The maximum Gasteiger partial charge on any atom is 0.141 e. The van der Waals surface area contributed by atoms with E-state index in [0.29, 0.717) is 5.92 Å². The quantitative estimate of drug-likeness (QED) is 0.841. The Morgan fingerprint density at radius 3 is 2.93 bits per heavy atom. The van der Waals surface area contributed by atoms with Crippen LogP contribution in [0, 0.1) is 11.7 Å². The number of nitrogens with zero attached hydrogens (tertiary/aromatic N) is 1. The van der Waals surface area contributed by atoms with Crippen molar-refractivity contribution < 1.29 is 9.50 Å². The molecule has 1 aromatic carbocycles. The molecule has 1 N–H and O–H groups in total. The monoisotopic (exact) mass is 229 g/mol. The minimum absolute atomic E-state index is 0.153. The number of aliphatic hydroxyl groups is 1. The van der Waals surface area contributed by atoms with Crippen LogP contribution in [0.15, 0.2) is 18.2 Å². The van der Waals surface area contributed by atoms with Gasteiger partial charge in [0, 0.05) is 31.3 Å². The highest BCUT2D eigenvalue weighted by atomic mass is 35.5. The summed E-state index contributed by atoms with van der Waals surface area (Å²) in [6.07, 6.45) is 0.978. The van der Waals surface area contributed by atoms with Gasteiger partial charge in [-0.1, -0.05) is 11.6 Å². The van der Waals surface area contributed by atoms with E-state index in [1.807, 2.05) is 0 Å². The molecule has 0 amide bonds. The van der Waals surface area contributed by atoms with E-state index in [-0.39, 0.29) is 11.6 Å². The average Bonchev–Trinajstić information content (AvgIpc) is 2.70. The van der Waals surface area contributed by atoms with E-state index in [4.69, 9.17) is 16.7 Å². The van der Waals surface area contributed by atoms with E-state index >= 15 is 0 Å². The van der Waals surface area contributed by atoms with E-state index in [2.05, 4.69) is 4.90 Å². The number of aliphatic hydroxyl groups excluding tert-OH is 1. The lowest BCUT2D eigenvalue weighted by Gasteiger charge is -2.18. The summed E-state index contributed by atoms with van der Waals surface area (Å²) < 4.78 is 12.9. The zero-order valence-corrected chi connectivity index (χ0v) is 9.04. The smallest absolute Gasteiger partial charge is 0.141 e. The van der Waals surface area contributed by atoms with Crippen molar-refractivity contribution in [2.24, 2.45) is 5.92 Å². The Kier molecular flexibility index (Phi) is 3.12. The van der Waals surface area contributed by atoms with Crippen molar-refractivity contribution in [1.29, 1.82) is 0 Å². The molecule has 1 fully saturated rings. The van der Waals surface area contributed by atoms with Gasteiger partial charge in [-0.3, -0.25) is 0 Å². The Morgan fingerprint density at radius 1 is 1.53 bits per heavy atom. The highest BCUT2D eigenvalue weighted by Gasteiger charge is 2.22. The van der Waals surface area contributed by atoms with Crippen LogP contribution in [0.5, 0.6) is 0 Å². The van der Waals surface area contributed by atoms with Gasteiger partial charge >= 0.3 is 0 Å². The molecular weight excluding hydrogens is 217 g/mol. The molecule has 0 aliphatic carbocycles. The van der Waals surface area contributed by atoms with Crippen LogP contribution >= 0.6 is 11.6 Å². The van der Waals surface area contributed by atoms with Crippen molar-refractivity contribution in [3.05, 3.63) is 29.0 Å². The second kappa shape index (κ2) is 4.37. The van der Waals surface area contributed by atoms with Gasteiger partial charge in [0.1, 0.15) is 5.82 Å². The van der Waals surface area contributed by atoms with Gasteiger partial charge in [-0.2, -0.15) is 0 Å². The second-order valence-electron chi connectivity index (χ2n) is 3.88. The number of hydrogen-bond acceptors (Lipinski definition) is 2. The van der Waals surface area contributed by atoms with Gasteiger partial charge in [0.15, 0.2) is 0 Å². The highest BCUT2D eigenvalue weighted by molar-refractivity contribution is 6.31. The predicted molar refractivity (Wildman–Crippen MR) is 58.8 cm³/mol. The number of anilines is 1. The first-order valence-electron chi connectivity index (χ1n) is 5.01. The van der Waals surface area contributed by atoms with Crippen LogP contribution in [-0.4, -0.2) is 24.8 Å². The van der Waals surface area contributed by atoms with E-state index < -0.39 is 5.82 Å². The average molecular weight is 230 g/mol. The predicted octanol–water partition coefficient (Wildman–Crippen LogP) is 2.30. The third-order valence-corrected chi connectivity index (χ3v) is 3.10. The fraction of sp³-hybridized carbons (Fsp3) is 0.455. The molecule has 0 aromatic heterocycles. The third-order valence-electron chi connectivity index (χ3n) is 2.81. The van der Waals surface area contributed by atoms with Crippen LogP contribution in [0.3, 0.4) is 0 Å². The lowest BCUT2D eigenvalue weighted by molar-refractivity contribution is 0.238.